The number of aromatic nitrogens is 2. The number of carbonyl (C=O) groups excluding carboxylic acids is 1. The van der Waals surface area contributed by atoms with Crippen LogP contribution in [0.2, 0.25) is 0 Å². The molecule has 2 aliphatic heterocycles. The molecule has 25 heavy (non-hydrogen) atoms. The molecule has 0 bridgehead atoms. The summed E-state index contributed by atoms with van der Waals surface area (Å²) < 4.78 is 25.2. The van der Waals surface area contributed by atoms with Crippen molar-refractivity contribution in [2.45, 2.75) is 52.1 Å². The number of likely N-dealkylation sites (tertiary alicyclic amines) is 1. The molecule has 0 aliphatic carbocycles. The fourth-order valence-electron chi connectivity index (χ4n) is 4.16. The van der Waals surface area contributed by atoms with Crippen molar-refractivity contribution in [3.8, 4) is 0 Å². The third-order valence-electron chi connectivity index (χ3n) is 5.51. The Hall–Kier alpha value is -1.41. The van der Waals surface area contributed by atoms with Crippen molar-refractivity contribution in [3.63, 3.8) is 0 Å². The van der Waals surface area contributed by atoms with Gasteiger partial charge in [0.25, 0.3) is 5.91 Å². The second-order valence-corrected chi connectivity index (χ2v) is 9.41. The van der Waals surface area contributed by atoms with E-state index in [1.165, 1.54) is 6.42 Å². The minimum atomic E-state index is -2.98. The summed E-state index contributed by atoms with van der Waals surface area (Å²) >= 11 is 0. The second-order valence-electron chi connectivity index (χ2n) is 7.18. The zero-order chi connectivity index (χ0) is 18.2. The maximum Gasteiger partial charge on any atom is 0.255 e. The molecule has 3 heterocycles. The molecule has 1 N–H and O–H groups in total. The lowest BCUT2D eigenvalue weighted by atomic mass is 10.1. The number of nitrogens with zero attached hydrogens (tertiary/aromatic N) is 3. The van der Waals surface area contributed by atoms with E-state index in [-0.39, 0.29) is 23.5 Å². The zero-order valence-electron chi connectivity index (χ0n) is 15.3. The molecule has 3 rings (SSSR count). The van der Waals surface area contributed by atoms with Crippen LogP contribution in [0.25, 0.3) is 0 Å². The molecule has 2 saturated heterocycles. The van der Waals surface area contributed by atoms with Gasteiger partial charge < -0.3 is 5.32 Å². The molecule has 1 aromatic heterocycles. The predicted octanol–water partition coefficient (Wildman–Crippen LogP) is 1.07. The van der Waals surface area contributed by atoms with Gasteiger partial charge in [0.15, 0.2) is 9.84 Å². The van der Waals surface area contributed by atoms with E-state index in [0.717, 1.165) is 25.2 Å². The van der Waals surface area contributed by atoms with Gasteiger partial charge in [-0.05, 0) is 46.2 Å². The summed E-state index contributed by atoms with van der Waals surface area (Å²) in [5, 5.41) is 7.53. The highest BCUT2D eigenvalue weighted by Gasteiger charge is 2.32. The number of likely N-dealkylation sites (N-methyl/N-ethyl adjacent to an activating group) is 1. The Morgan fingerprint density at radius 2 is 2.08 bits per heavy atom. The van der Waals surface area contributed by atoms with Gasteiger partial charge in [0, 0.05) is 18.3 Å². The van der Waals surface area contributed by atoms with E-state index in [1.807, 2.05) is 13.8 Å². The smallest absolute Gasteiger partial charge is 0.255 e. The molecule has 0 saturated carbocycles. The van der Waals surface area contributed by atoms with Crippen LogP contribution in [0.3, 0.4) is 0 Å². The lowest BCUT2D eigenvalue weighted by molar-refractivity contribution is 0.0940. The van der Waals surface area contributed by atoms with Gasteiger partial charge >= 0.3 is 0 Å². The molecule has 1 aromatic rings. The van der Waals surface area contributed by atoms with Gasteiger partial charge in [-0.1, -0.05) is 6.92 Å². The maximum atomic E-state index is 12.7. The van der Waals surface area contributed by atoms with Crippen molar-refractivity contribution in [1.29, 1.82) is 0 Å². The van der Waals surface area contributed by atoms with Crippen molar-refractivity contribution in [3.05, 3.63) is 17.0 Å². The molecule has 2 aliphatic rings. The third-order valence-corrected chi connectivity index (χ3v) is 7.26. The number of amides is 1. The fourth-order valence-corrected chi connectivity index (χ4v) is 5.85. The molecule has 2 atom stereocenters. The third kappa shape index (κ3) is 3.74. The van der Waals surface area contributed by atoms with E-state index in [2.05, 4.69) is 22.2 Å². The van der Waals surface area contributed by atoms with E-state index < -0.39 is 9.84 Å². The molecular weight excluding hydrogens is 340 g/mol. The Bertz CT molecular complexity index is 756. The van der Waals surface area contributed by atoms with E-state index >= 15 is 0 Å². The van der Waals surface area contributed by atoms with Gasteiger partial charge in [0.05, 0.1) is 28.8 Å². The summed E-state index contributed by atoms with van der Waals surface area (Å²) in [4.78, 5) is 15.1. The highest BCUT2D eigenvalue weighted by Crippen LogP contribution is 2.26. The predicted molar refractivity (Wildman–Crippen MR) is 96.6 cm³/mol. The lowest BCUT2D eigenvalue weighted by Gasteiger charge is -2.22. The summed E-state index contributed by atoms with van der Waals surface area (Å²) in [5.74, 6) is 0.209. The topological polar surface area (TPSA) is 84.3 Å². The largest absolute Gasteiger partial charge is 0.350 e. The van der Waals surface area contributed by atoms with Crippen LogP contribution in [0.15, 0.2) is 0 Å². The Morgan fingerprint density at radius 3 is 2.72 bits per heavy atom. The number of aryl methyl sites for hydroxylation is 1. The number of carbonyl (C=O) groups is 1. The molecule has 140 valence electrons. The Balaban J connectivity index is 1.71. The molecule has 0 spiro atoms. The highest BCUT2D eigenvalue weighted by atomic mass is 32.2. The number of hydrogen-bond acceptors (Lipinski definition) is 5. The number of rotatable bonds is 5. The van der Waals surface area contributed by atoms with Gasteiger partial charge in [-0.3, -0.25) is 14.4 Å². The first-order valence-electron chi connectivity index (χ1n) is 9.10. The zero-order valence-corrected chi connectivity index (χ0v) is 16.1. The first kappa shape index (κ1) is 18.4. The van der Waals surface area contributed by atoms with Crippen molar-refractivity contribution in [1.82, 2.24) is 20.0 Å². The van der Waals surface area contributed by atoms with Crippen molar-refractivity contribution >= 4 is 15.7 Å². The number of hydrogen-bond donors (Lipinski definition) is 1. The minimum absolute atomic E-state index is 0.106. The normalized spacial score (nSPS) is 26.2. The molecular formula is C17H28N4O3S. The van der Waals surface area contributed by atoms with Crippen LogP contribution in [0.4, 0.5) is 0 Å². The standard InChI is InChI=1S/C17H28N4O3S/c1-4-20-8-5-6-14(20)10-18-17(22)16-12(2)19-21(13(16)3)15-7-9-25(23,24)11-15/h14-15H,4-11H2,1-3H3,(H,18,22)/t14-,15+/m1/s1. The minimum Gasteiger partial charge on any atom is -0.350 e. The van der Waals surface area contributed by atoms with Gasteiger partial charge in [-0.25, -0.2) is 8.42 Å². The van der Waals surface area contributed by atoms with Crippen molar-refractivity contribution in [2.24, 2.45) is 0 Å². The van der Waals surface area contributed by atoms with E-state index in [4.69, 9.17) is 0 Å². The molecule has 8 heteroatoms. The summed E-state index contributed by atoms with van der Waals surface area (Å²) in [7, 11) is -2.98. The van der Waals surface area contributed by atoms with Crippen LogP contribution >= 0.6 is 0 Å². The summed E-state index contributed by atoms with van der Waals surface area (Å²) in [5.41, 5.74) is 2.01. The monoisotopic (exact) mass is 368 g/mol. The van der Waals surface area contributed by atoms with Gasteiger partial charge in [0.1, 0.15) is 0 Å². The average Bonchev–Trinajstić information content (AvgIpc) is 3.22. The Kier molecular flexibility index (Phi) is 5.20. The number of sulfone groups is 1. The van der Waals surface area contributed by atoms with E-state index in [0.29, 0.717) is 30.3 Å². The second kappa shape index (κ2) is 7.07. The highest BCUT2D eigenvalue weighted by molar-refractivity contribution is 7.91. The molecule has 2 fully saturated rings. The van der Waals surface area contributed by atoms with Crippen LogP contribution < -0.4 is 5.32 Å². The summed E-state index contributed by atoms with van der Waals surface area (Å²) in [6.45, 7) is 8.57. The van der Waals surface area contributed by atoms with Gasteiger partial charge in [-0.15, -0.1) is 0 Å². The summed E-state index contributed by atoms with van der Waals surface area (Å²) in [6.07, 6.45) is 2.87. The fraction of sp³-hybridized carbons (Fsp3) is 0.765. The van der Waals surface area contributed by atoms with Crippen molar-refractivity contribution in [2.75, 3.05) is 31.1 Å². The van der Waals surface area contributed by atoms with E-state index in [1.54, 1.807) is 4.68 Å². The van der Waals surface area contributed by atoms with Crippen LogP contribution in [0.5, 0.6) is 0 Å². The maximum absolute atomic E-state index is 12.7. The van der Waals surface area contributed by atoms with Crippen LogP contribution in [0.1, 0.15) is 54.0 Å². The lowest BCUT2D eigenvalue weighted by Crippen LogP contribution is -2.40. The van der Waals surface area contributed by atoms with Crippen molar-refractivity contribution < 1.29 is 13.2 Å². The number of nitrogens with one attached hydrogen (secondary N) is 1. The first-order chi connectivity index (χ1) is 11.8. The first-order valence-corrected chi connectivity index (χ1v) is 10.9. The SMILES string of the molecule is CCN1CCC[C@@H]1CNC(=O)c1c(C)nn([C@H]2CCS(=O)(=O)C2)c1C. The van der Waals surface area contributed by atoms with Crippen LogP contribution in [-0.4, -0.2) is 66.2 Å². The van der Waals surface area contributed by atoms with Gasteiger partial charge in [0.2, 0.25) is 0 Å². The Labute approximate surface area is 149 Å². The van der Waals surface area contributed by atoms with Crippen LogP contribution in [0, 0.1) is 13.8 Å². The molecule has 0 radical (unpaired) electrons. The quantitative estimate of drug-likeness (QED) is 0.840. The molecule has 1 amide bonds. The Morgan fingerprint density at radius 1 is 1.32 bits per heavy atom. The average molecular weight is 369 g/mol. The molecule has 7 nitrogen and oxygen atoms in total. The van der Waals surface area contributed by atoms with Gasteiger partial charge in [-0.2, -0.15) is 5.10 Å². The summed E-state index contributed by atoms with van der Waals surface area (Å²) in [6, 6.07) is 0.250. The van der Waals surface area contributed by atoms with E-state index in [9.17, 15) is 13.2 Å². The molecule has 0 aromatic carbocycles. The molecule has 0 unspecified atom stereocenters. The van der Waals surface area contributed by atoms with Crippen LogP contribution in [-0.2, 0) is 9.84 Å².